The predicted octanol–water partition coefficient (Wildman–Crippen LogP) is 9.48. The highest BCUT2D eigenvalue weighted by Gasteiger charge is 2.11. The molecule has 190 valence electrons. The first kappa shape index (κ1) is 25.2. The van der Waals surface area contributed by atoms with Crippen LogP contribution in [0.25, 0.3) is 0 Å². The van der Waals surface area contributed by atoms with E-state index in [1.54, 1.807) is 25.0 Å². The molecule has 2 aromatic carbocycles. The van der Waals surface area contributed by atoms with Gasteiger partial charge in [-0.25, -0.2) is 0 Å². The van der Waals surface area contributed by atoms with Gasteiger partial charge in [0.1, 0.15) is 11.5 Å². The molecule has 4 heteroatoms. The third-order valence-corrected chi connectivity index (χ3v) is 6.70. The number of benzene rings is 2. The summed E-state index contributed by atoms with van der Waals surface area (Å²) in [6.07, 6.45) is 18.1. The molecule has 0 radical (unpaired) electrons. The minimum absolute atomic E-state index is 0.323. The lowest BCUT2D eigenvalue weighted by Crippen LogP contribution is -1.98. The number of hydrogen-bond acceptors (Lipinski definition) is 4. The molecule has 5 rings (SSSR count). The van der Waals surface area contributed by atoms with Gasteiger partial charge in [-0.05, 0) is 89.9 Å². The zero-order valence-electron chi connectivity index (χ0n) is 21.8. The summed E-state index contributed by atoms with van der Waals surface area (Å²) in [6, 6.07) is 24.4. The van der Waals surface area contributed by atoms with Crippen LogP contribution < -0.4 is 0 Å². The van der Waals surface area contributed by atoms with E-state index in [-0.39, 0.29) is 0 Å². The van der Waals surface area contributed by atoms with Gasteiger partial charge in [-0.3, -0.25) is 9.98 Å². The molecule has 0 spiro atoms. The Hall–Kier alpha value is -4.44. The molecule has 38 heavy (non-hydrogen) atoms. The molecule has 1 aliphatic carbocycles. The van der Waals surface area contributed by atoms with Crippen molar-refractivity contribution in [3.63, 3.8) is 0 Å². The van der Waals surface area contributed by atoms with Crippen molar-refractivity contribution in [2.45, 2.75) is 38.5 Å². The summed E-state index contributed by atoms with van der Waals surface area (Å²) in [5.41, 5.74) is 7.23. The van der Waals surface area contributed by atoms with Crippen LogP contribution >= 0.6 is 0 Å². The Balaban J connectivity index is 1.19. The lowest BCUT2D eigenvalue weighted by atomic mass is 9.88. The molecule has 4 nitrogen and oxygen atoms in total. The summed E-state index contributed by atoms with van der Waals surface area (Å²) in [6.45, 7) is 4.51. The van der Waals surface area contributed by atoms with Crippen LogP contribution in [0.3, 0.4) is 0 Å². The normalized spacial score (nSPS) is 17.6. The third-order valence-electron chi connectivity index (χ3n) is 6.70. The Morgan fingerprint density at radius 1 is 0.684 bits per heavy atom. The van der Waals surface area contributed by atoms with E-state index < -0.39 is 0 Å². The third kappa shape index (κ3) is 6.86. The molecular weight excluding hydrogens is 468 g/mol. The van der Waals surface area contributed by atoms with Crippen LogP contribution in [0, 0.1) is 0 Å². The summed E-state index contributed by atoms with van der Waals surface area (Å²) in [5, 5.41) is 0. The van der Waals surface area contributed by atoms with Crippen molar-refractivity contribution in [1.82, 2.24) is 0 Å². The van der Waals surface area contributed by atoms with Gasteiger partial charge in [-0.15, -0.1) is 0 Å². The van der Waals surface area contributed by atoms with E-state index in [1.807, 2.05) is 24.3 Å². The van der Waals surface area contributed by atoms with Gasteiger partial charge in [0.25, 0.3) is 0 Å². The number of hydrogen-bond donors (Lipinski definition) is 0. The van der Waals surface area contributed by atoms with Crippen molar-refractivity contribution in [1.29, 1.82) is 0 Å². The van der Waals surface area contributed by atoms with E-state index >= 15 is 0 Å². The highest BCUT2D eigenvalue weighted by molar-refractivity contribution is 5.79. The monoisotopic (exact) mass is 500 g/mol. The van der Waals surface area contributed by atoms with Gasteiger partial charge < -0.3 is 8.83 Å². The zero-order chi connectivity index (χ0) is 26.2. The zero-order valence-corrected chi connectivity index (χ0v) is 21.8. The molecule has 0 fully saturated rings. The average molecular weight is 501 g/mol. The second-order valence-electron chi connectivity index (χ2n) is 9.66. The van der Waals surface area contributed by atoms with Gasteiger partial charge >= 0.3 is 0 Å². The van der Waals surface area contributed by atoms with Crippen molar-refractivity contribution in [3.05, 3.63) is 143 Å². The first-order valence-electron chi connectivity index (χ1n) is 13.0. The first-order valence-corrected chi connectivity index (χ1v) is 13.0. The molecule has 2 atom stereocenters. The highest BCUT2D eigenvalue weighted by Crippen LogP contribution is 2.30. The van der Waals surface area contributed by atoms with Crippen molar-refractivity contribution in [3.8, 4) is 0 Å². The molecule has 4 aromatic rings. The fourth-order valence-corrected chi connectivity index (χ4v) is 4.60. The molecular formula is C34H32N2O2. The van der Waals surface area contributed by atoms with E-state index in [0.717, 1.165) is 35.7 Å². The summed E-state index contributed by atoms with van der Waals surface area (Å²) < 4.78 is 10.6. The van der Waals surface area contributed by atoms with Crippen LogP contribution in [-0.2, 0) is 0 Å². The van der Waals surface area contributed by atoms with E-state index in [1.165, 1.54) is 22.3 Å². The van der Waals surface area contributed by atoms with Crippen LogP contribution in [-0.4, -0.2) is 12.4 Å². The van der Waals surface area contributed by atoms with Crippen LogP contribution in [0.2, 0.25) is 0 Å². The summed E-state index contributed by atoms with van der Waals surface area (Å²) in [7, 11) is 0. The number of allylic oxidation sites excluding steroid dienone is 6. The van der Waals surface area contributed by atoms with Crippen LogP contribution in [0.4, 0.5) is 11.4 Å². The van der Waals surface area contributed by atoms with Gasteiger partial charge in [-0.1, -0.05) is 68.0 Å². The molecule has 2 aromatic heterocycles. The van der Waals surface area contributed by atoms with Crippen molar-refractivity contribution < 1.29 is 8.83 Å². The minimum atomic E-state index is 0.323. The fraction of sp³-hybridized carbons (Fsp3) is 0.176. The van der Waals surface area contributed by atoms with E-state index in [9.17, 15) is 0 Å². The van der Waals surface area contributed by atoms with Crippen LogP contribution in [0.15, 0.2) is 140 Å². The lowest BCUT2D eigenvalue weighted by Gasteiger charge is -2.17. The van der Waals surface area contributed by atoms with E-state index in [0.29, 0.717) is 11.8 Å². The maximum Gasteiger partial charge on any atom is 0.144 e. The van der Waals surface area contributed by atoms with Gasteiger partial charge in [0.2, 0.25) is 0 Å². The van der Waals surface area contributed by atoms with E-state index in [2.05, 4.69) is 96.7 Å². The topological polar surface area (TPSA) is 51.0 Å². The van der Waals surface area contributed by atoms with E-state index in [4.69, 9.17) is 8.83 Å². The smallest absolute Gasteiger partial charge is 0.144 e. The predicted molar refractivity (Wildman–Crippen MR) is 156 cm³/mol. The van der Waals surface area contributed by atoms with Gasteiger partial charge in [0.05, 0.1) is 36.3 Å². The van der Waals surface area contributed by atoms with Crippen molar-refractivity contribution in [2.24, 2.45) is 9.98 Å². The van der Waals surface area contributed by atoms with Crippen molar-refractivity contribution in [2.75, 3.05) is 0 Å². The summed E-state index contributed by atoms with van der Waals surface area (Å²) in [4.78, 5) is 8.98. The first-order chi connectivity index (χ1) is 18.6. The maximum atomic E-state index is 5.31. The standard InChI is InChI=1S/C34H32N2O2/c1-25(29-10-14-31(15-11-29)35-23-33-8-4-18-37-33)20-27-6-3-7-28(22-27)21-26(2)30-12-16-32(17-13-30)36-24-34-9-5-19-38-34/h3-6,8-21,23-26H,7,22H2,1-2H3/b27-20-,28-21+,35-23?,36-24?. The van der Waals surface area contributed by atoms with Crippen molar-refractivity contribution >= 4 is 23.8 Å². The minimum Gasteiger partial charge on any atom is -0.463 e. The number of rotatable bonds is 8. The van der Waals surface area contributed by atoms with Crippen LogP contribution in [0.1, 0.15) is 61.2 Å². The van der Waals surface area contributed by atoms with Gasteiger partial charge in [0, 0.05) is 0 Å². The number of nitrogens with zero attached hydrogens (tertiary/aromatic N) is 2. The molecule has 2 unspecified atom stereocenters. The lowest BCUT2D eigenvalue weighted by molar-refractivity contribution is 0.560. The van der Waals surface area contributed by atoms with Crippen LogP contribution in [0.5, 0.6) is 0 Å². The SMILES string of the molecule is CC(/C=C1/C=CC/C(=C\C(C)c2ccc(N=Cc3ccco3)cc2)C1)c1ccc(N=Cc2ccco2)cc1. The van der Waals surface area contributed by atoms with Gasteiger partial charge in [-0.2, -0.15) is 0 Å². The second-order valence-corrected chi connectivity index (χ2v) is 9.66. The Morgan fingerprint density at radius 2 is 1.21 bits per heavy atom. The largest absolute Gasteiger partial charge is 0.463 e. The summed E-state index contributed by atoms with van der Waals surface area (Å²) in [5.74, 6) is 2.17. The molecule has 2 heterocycles. The number of aliphatic imine (C=N–C) groups is 2. The molecule has 0 saturated heterocycles. The molecule has 0 N–H and O–H groups in total. The Labute approximate surface area is 224 Å². The highest BCUT2D eigenvalue weighted by atomic mass is 16.3. The maximum absolute atomic E-state index is 5.31. The molecule has 0 amide bonds. The molecule has 0 saturated carbocycles. The number of furan rings is 2. The Morgan fingerprint density at radius 3 is 1.71 bits per heavy atom. The Kier molecular flexibility index (Phi) is 8.10. The molecule has 0 aliphatic heterocycles. The fourth-order valence-electron chi connectivity index (χ4n) is 4.60. The molecule has 1 aliphatic rings. The quantitative estimate of drug-likeness (QED) is 0.179. The Bertz CT molecular complexity index is 1450. The van der Waals surface area contributed by atoms with Gasteiger partial charge in [0.15, 0.2) is 0 Å². The summed E-state index contributed by atoms with van der Waals surface area (Å²) >= 11 is 0. The second kappa shape index (κ2) is 12.2. The molecule has 0 bridgehead atoms. The average Bonchev–Trinajstić information content (AvgIpc) is 3.66.